The molecule has 0 fully saturated rings. The second-order valence-corrected chi connectivity index (χ2v) is 4.44. The van der Waals surface area contributed by atoms with Crippen LogP contribution in [0.3, 0.4) is 0 Å². The van der Waals surface area contributed by atoms with Crippen molar-refractivity contribution < 1.29 is 9.90 Å². The molecule has 0 saturated heterocycles. The number of aromatic carboxylic acids is 1. The van der Waals surface area contributed by atoms with Gasteiger partial charge < -0.3 is 5.11 Å². The predicted molar refractivity (Wildman–Crippen MR) is 76.6 cm³/mol. The summed E-state index contributed by atoms with van der Waals surface area (Å²) >= 11 is 2.30. The Morgan fingerprint density at radius 2 is 1.71 bits per heavy atom. The standard InChI is InChI=1S/C14H11IO2/c15-9-10-5-7-11(8-6-10)12-3-1-2-4-13(12)14(16)17/h1-8H,9H2,(H,16,17). The van der Waals surface area contributed by atoms with Crippen molar-refractivity contribution in [2.45, 2.75) is 4.43 Å². The van der Waals surface area contributed by atoms with E-state index in [2.05, 4.69) is 22.6 Å². The maximum absolute atomic E-state index is 11.1. The average Bonchev–Trinajstić information content (AvgIpc) is 2.39. The molecule has 0 saturated carbocycles. The Balaban J connectivity index is 2.48. The van der Waals surface area contributed by atoms with Crippen LogP contribution in [0.5, 0.6) is 0 Å². The first-order valence-electron chi connectivity index (χ1n) is 5.20. The molecule has 0 atom stereocenters. The Kier molecular flexibility index (Phi) is 3.78. The molecule has 86 valence electrons. The van der Waals surface area contributed by atoms with Gasteiger partial charge in [0.25, 0.3) is 0 Å². The maximum atomic E-state index is 11.1. The van der Waals surface area contributed by atoms with Gasteiger partial charge in [-0.25, -0.2) is 4.79 Å². The number of benzene rings is 2. The minimum absolute atomic E-state index is 0.342. The molecule has 0 aliphatic carbocycles. The van der Waals surface area contributed by atoms with E-state index in [1.807, 2.05) is 36.4 Å². The molecule has 0 unspecified atom stereocenters. The second-order valence-electron chi connectivity index (χ2n) is 3.68. The zero-order valence-corrected chi connectivity index (χ0v) is 11.2. The van der Waals surface area contributed by atoms with Gasteiger partial charge in [0.1, 0.15) is 0 Å². The molecule has 2 aromatic rings. The third-order valence-corrected chi connectivity index (χ3v) is 3.46. The largest absolute Gasteiger partial charge is 0.478 e. The molecule has 0 radical (unpaired) electrons. The Hall–Kier alpha value is -1.36. The highest BCUT2D eigenvalue weighted by Crippen LogP contribution is 2.24. The first-order chi connectivity index (χ1) is 8.22. The van der Waals surface area contributed by atoms with Crippen LogP contribution < -0.4 is 0 Å². The predicted octanol–water partition coefficient (Wildman–Crippen LogP) is 3.99. The van der Waals surface area contributed by atoms with Crippen molar-refractivity contribution >= 4 is 28.6 Å². The fourth-order valence-corrected chi connectivity index (χ4v) is 2.20. The molecule has 2 nitrogen and oxygen atoms in total. The van der Waals surface area contributed by atoms with E-state index in [1.165, 1.54) is 5.56 Å². The highest BCUT2D eigenvalue weighted by molar-refractivity contribution is 14.1. The molecule has 0 spiro atoms. The third kappa shape index (κ3) is 2.66. The van der Waals surface area contributed by atoms with Crippen LogP contribution >= 0.6 is 22.6 Å². The van der Waals surface area contributed by atoms with E-state index in [0.717, 1.165) is 15.6 Å². The summed E-state index contributed by atoms with van der Waals surface area (Å²) in [6.45, 7) is 0. The van der Waals surface area contributed by atoms with Crippen LogP contribution in [0.25, 0.3) is 11.1 Å². The van der Waals surface area contributed by atoms with Crippen LogP contribution in [0.4, 0.5) is 0 Å². The molecular formula is C14H11IO2. The van der Waals surface area contributed by atoms with Gasteiger partial charge in [-0.3, -0.25) is 0 Å². The number of hydrogen-bond acceptors (Lipinski definition) is 1. The van der Waals surface area contributed by atoms with Gasteiger partial charge in [0, 0.05) is 4.43 Å². The molecule has 0 aromatic heterocycles. The lowest BCUT2D eigenvalue weighted by atomic mass is 9.99. The number of alkyl halides is 1. The Morgan fingerprint density at radius 1 is 1.06 bits per heavy atom. The van der Waals surface area contributed by atoms with E-state index in [1.54, 1.807) is 12.1 Å². The Labute approximate surface area is 113 Å². The Morgan fingerprint density at radius 3 is 2.29 bits per heavy atom. The zero-order chi connectivity index (χ0) is 12.3. The summed E-state index contributed by atoms with van der Waals surface area (Å²) in [5, 5.41) is 9.13. The summed E-state index contributed by atoms with van der Waals surface area (Å²) in [5.74, 6) is -0.890. The van der Waals surface area contributed by atoms with Crippen LogP contribution in [0.15, 0.2) is 48.5 Å². The van der Waals surface area contributed by atoms with E-state index in [-0.39, 0.29) is 0 Å². The summed E-state index contributed by atoms with van der Waals surface area (Å²) in [6.07, 6.45) is 0. The third-order valence-electron chi connectivity index (χ3n) is 2.58. The lowest BCUT2D eigenvalue weighted by Gasteiger charge is -2.06. The van der Waals surface area contributed by atoms with Gasteiger partial charge in [-0.15, -0.1) is 0 Å². The van der Waals surface area contributed by atoms with Gasteiger partial charge >= 0.3 is 5.97 Å². The number of hydrogen-bond donors (Lipinski definition) is 1. The minimum atomic E-state index is -0.890. The molecule has 0 amide bonds. The quantitative estimate of drug-likeness (QED) is 0.679. The molecule has 0 heterocycles. The van der Waals surface area contributed by atoms with Crippen LogP contribution in [0.1, 0.15) is 15.9 Å². The highest BCUT2D eigenvalue weighted by Gasteiger charge is 2.10. The number of carboxylic acid groups (broad SMARTS) is 1. The number of rotatable bonds is 3. The van der Waals surface area contributed by atoms with E-state index in [4.69, 9.17) is 5.11 Å². The van der Waals surface area contributed by atoms with Crippen molar-refractivity contribution in [2.75, 3.05) is 0 Å². The summed E-state index contributed by atoms with van der Waals surface area (Å²) in [6, 6.07) is 15.1. The van der Waals surface area contributed by atoms with Crippen molar-refractivity contribution in [3.63, 3.8) is 0 Å². The van der Waals surface area contributed by atoms with E-state index >= 15 is 0 Å². The lowest BCUT2D eigenvalue weighted by molar-refractivity contribution is 0.0698. The first kappa shape index (κ1) is 12.1. The minimum Gasteiger partial charge on any atom is -0.478 e. The van der Waals surface area contributed by atoms with E-state index in [9.17, 15) is 4.79 Å². The van der Waals surface area contributed by atoms with Crippen LogP contribution in [-0.2, 0) is 4.43 Å². The van der Waals surface area contributed by atoms with Crippen LogP contribution in [0.2, 0.25) is 0 Å². The molecule has 2 rings (SSSR count). The van der Waals surface area contributed by atoms with Gasteiger partial charge in [-0.2, -0.15) is 0 Å². The molecule has 17 heavy (non-hydrogen) atoms. The SMILES string of the molecule is O=C(O)c1ccccc1-c1ccc(CI)cc1. The van der Waals surface area contributed by atoms with Crippen molar-refractivity contribution in [1.82, 2.24) is 0 Å². The number of carbonyl (C=O) groups is 1. The van der Waals surface area contributed by atoms with Gasteiger partial charge in [0.15, 0.2) is 0 Å². The van der Waals surface area contributed by atoms with Crippen molar-refractivity contribution in [2.24, 2.45) is 0 Å². The molecule has 3 heteroatoms. The lowest BCUT2D eigenvalue weighted by Crippen LogP contribution is -1.98. The molecule has 2 aromatic carbocycles. The van der Waals surface area contributed by atoms with Gasteiger partial charge in [-0.05, 0) is 22.8 Å². The van der Waals surface area contributed by atoms with Crippen LogP contribution in [-0.4, -0.2) is 11.1 Å². The van der Waals surface area contributed by atoms with Crippen molar-refractivity contribution in [1.29, 1.82) is 0 Å². The summed E-state index contributed by atoms with van der Waals surface area (Å²) in [5.41, 5.74) is 3.29. The average molecular weight is 338 g/mol. The van der Waals surface area contributed by atoms with Gasteiger partial charge in [0.2, 0.25) is 0 Å². The molecule has 0 bridgehead atoms. The fourth-order valence-electron chi connectivity index (χ4n) is 1.69. The highest BCUT2D eigenvalue weighted by atomic mass is 127. The summed E-state index contributed by atoms with van der Waals surface area (Å²) in [4.78, 5) is 11.1. The van der Waals surface area contributed by atoms with Gasteiger partial charge in [-0.1, -0.05) is 65.1 Å². The monoisotopic (exact) mass is 338 g/mol. The van der Waals surface area contributed by atoms with Crippen molar-refractivity contribution in [3.05, 3.63) is 59.7 Å². The zero-order valence-electron chi connectivity index (χ0n) is 9.06. The fraction of sp³-hybridized carbons (Fsp3) is 0.0714. The van der Waals surface area contributed by atoms with Gasteiger partial charge in [0.05, 0.1) is 5.56 Å². The number of halogens is 1. The molecule has 1 N–H and O–H groups in total. The molecule has 0 aliphatic heterocycles. The smallest absolute Gasteiger partial charge is 0.336 e. The topological polar surface area (TPSA) is 37.3 Å². The molecule has 0 aliphatic rings. The van der Waals surface area contributed by atoms with E-state index in [0.29, 0.717) is 5.56 Å². The van der Waals surface area contributed by atoms with Crippen molar-refractivity contribution in [3.8, 4) is 11.1 Å². The summed E-state index contributed by atoms with van der Waals surface area (Å²) in [7, 11) is 0. The Bertz CT molecular complexity index is 532. The first-order valence-corrected chi connectivity index (χ1v) is 6.72. The normalized spacial score (nSPS) is 10.2. The second kappa shape index (κ2) is 5.31. The number of carboxylic acids is 1. The van der Waals surface area contributed by atoms with E-state index < -0.39 is 5.97 Å². The van der Waals surface area contributed by atoms with Crippen LogP contribution in [0, 0.1) is 0 Å². The maximum Gasteiger partial charge on any atom is 0.336 e. The molecular weight excluding hydrogens is 327 g/mol. The summed E-state index contributed by atoms with van der Waals surface area (Å²) < 4.78 is 0.957.